The van der Waals surface area contributed by atoms with E-state index in [1.807, 2.05) is 48.3 Å². The zero-order valence-corrected chi connectivity index (χ0v) is 24.2. The van der Waals surface area contributed by atoms with Gasteiger partial charge in [-0.3, -0.25) is 9.59 Å². The second-order valence-electron chi connectivity index (χ2n) is 12.4. The summed E-state index contributed by atoms with van der Waals surface area (Å²) in [6.45, 7) is 2.63. The maximum absolute atomic E-state index is 13.9. The Hall–Kier alpha value is -4.52. The van der Waals surface area contributed by atoms with E-state index in [-0.39, 0.29) is 24.0 Å². The molecule has 1 fully saturated rings. The molecule has 2 amide bonds. The van der Waals surface area contributed by atoms with E-state index in [1.165, 1.54) is 0 Å². The molecule has 2 aliphatic carbocycles. The summed E-state index contributed by atoms with van der Waals surface area (Å²) in [5, 5.41) is 5.41. The Labute approximate surface area is 249 Å². The number of ether oxygens (including phenoxy) is 2. The maximum atomic E-state index is 13.9. The van der Waals surface area contributed by atoms with Gasteiger partial charge in [-0.15, -0.1) is 0 Å². The number of amides is 2. The van der Waals surface area contributed by atoms with E-state index in [0.29, 0.717) is 18.5 Å². The van der Waals surface area contributed by atoms with Crippen molar-refractivity contribution in [3.05, 3.63) is 117 Å². The lowest BCUT2D eigenvalue weighted by Gasteiger charge is -2.51. The van der Waals surface area contributed by atoms with E-state index in [4.69, 9.17) is 9.47 Å². The van der Waals surface area contributed by atoms with Crippen LogP contribution in [0.1, 0.15) is 50.8 Å². The normalized spacial score (nSPS) is 25.0. The van der Waals surface area contributed by atoms with Gasteiger partial charge in [0, 0.05) is 43.8 Å². The van der Waals surface area contributed by atoms with Crippen molar-refractivity contribution in [2.75, 3.05) is 14.2 Å². The number of carbonyl (C=O) groups excluding carboxylic acids is 2. The number of carbonyl (C=O) groups is 2. The minimum Gasteiger partial charge on any atom is -0.376 e. The van der Waals surface area contributed by atoms with Crippen LogP contribution in [-0.2, 0) is 16.0 Å². The molecule has 0 aromatic heterocycles. The van der Waals surface area contributed by atoms with Gasteiger partial charge < -0.3 is 19.7 Å². The molecule has 1 N–H and O–H groups in total. The minimum atomic E-state index is -0.876. The summed E-state index contributed by atoms with van der Waals surface area (Å²) in [6, 6.07) is 26.0. The highest BCUT2D eigenvalue weighted by atomic mass is 16.6. The highest BCUT2D eigenvalue weighted by Gasteiger charge is 2.56. The molecule has 212 valence electrons. The fraction of sp³-hybridized carbons (Fsp3) is 0.243. The van der Waals surface area contributed by atoms with E-state index in [0.717, 1.165) is 66.1 Å². The van der Waals surface area contributed by atoms with Crippen LogP contribution in [0.15, 0.2) is 78.9 Å². The molecule has 0 saturated carbocycles. The molecule has 0 spiro atoms. The van der Waals surface area contributed by atoms with Crippen LogP contribution >= 0.6 is 0 Å². The zero-order chi connectivity index (χ0) is 29.2. The van der Waals surface area contributed by atoms with E-state index in [9.17, 15) is 9.59 Å². The standard InChI is InChI=1S/C37H30N2O4/c1-37-33-23-16-10-9-15-22(23)27-24-18-38-35(40)30(24)29-21-14-8-7-13-20(21)28(31(29)32(27)33)26(43-37)17-25(34(37)42-3)39(2)36(41)19-11-5-4-6-12-19/h4-16,25-26,34H,17-18H2,1-3H3,(H,38,40)/t25-,26-,34-,37-/m1/s1. The molecule has 3 aliphatic heterocycles. The molecule has 4 aromatic rings. The van der Waals surface area contributed by atoms with Crippen LogP contribution in [0.4, 0.5) is 0 Å². The van der Waals surface area contributed by atoms with Crippen LogP contribution in [0.25, 0.3) is 33.4 Å². The summed E-state index contributed by atoms with van der Waals surface area (Å²) >= 11 is 0. The summed E-state index contributed by atoms with van der Waals surface area (Å²) in [5.41, 5.74) is 10.3. The molecule has 0 unspecified atom stereocenters. The molecular weight excluding hydrogens is 536 g/mol. The highest BCUT2D eigenvalue weighted by molar-refractivity contribution is 6.12. The van der Waals surface area contributed by atoms with Crippen LogP contribution < -0.4 is 15.8 Å². The third kappa shape index (κ3) is 3.00. The minimum absolute atomic E-state index is 0.0220. The molecule has 1 saturated heterocycles. The summed E-state index contributed by atoms with van der Waals surface area (Å²) in [7, 11) is 3.61. The van der Waals surface area contributed by atoms with Crippen molar-refractivity contribution in [1.82, 2.24) is 10.2 Å². The average molecular weight is 567 g/mol. The number of likely N-dealkylation sites (N-methyl/N-ethyl adjacent to an activating group) is 1. The van der Waals surface area contributed by atoms with Crippen LogP contribution in [0.5, 0.6) is 0 Å². The first-order valence-electron chi connectivity index (χ1n) is 14.9. The summed E-state index contributed by atoms with van der Waals surface area (Å²) < 4.78 is 13.7. The van der Waals surface area contributed by atoms with E-state index in [2.05, 4.69) is 54.7 Å². The van der Waals surface area contributed by atoms with Gasteiger partial charge in [0.05, 0.1) is 17.7 Å². The third-order valence-electron chi connectivity index (χ3n) is 10.4. The fourth-order valence-electron chi connectivity index (χ4n) is 8.72. The van der Waals surface area contributed by atoms with Gasteiger partial charge in [-0.25, -0.2) is 0 Å². The molecule has 4 aromatic carbocycles. The van der Waals surface area contributed by atoms with Crippen molar-refractivity contribution in [2.24, 2.45) is 0 Å². The van der Waals surface area contributed by atoms with Crippen LogP contribution in [0.3, 0.4) is 0 Å². The second kappa shape index (κ2) is 8.53. The zero-order valence-electron chi connectivity index (χ0n) is 24.2. The van der Waals surface area contributed by atoms with Gasteiger partial charge in [0.15, 0.2) is 0 Å². The second-order valence-corrected chi connectivity index (χ2v) is 12.4. The Morgan fingerprint density at radius 3 is 2.26 bits per heavy atom. The van der Waals surface area contributed by atoms with E-state index in [1.54, 1.807) is 7.11 Å². The molecule has 5 aliphatic rings. The molecule has 6 nitrogen and oxygen atoms in total. The first-order chi connectivity index (χ1) is 20.9. The summed E-state index contributed by atoms with van der Waals surface area (Å²) in [6.07, 6.45) is -0.181. The number of nitrogens with one attached hydrogen (secondary N) is 1. The number of hydrogen-bond donors (Lipinski definition) is 1. The molecule has 6 heteroatoms. The van der Waals surface area contributed by atoms with Gasteiger partial charge in [-0.05, 0) is 68.4 Å². The first-order valence-corrected chi connectivity index (χ1v) is 14.9. The Bertz CT molecular complexity index is 2070. The molecular formula is C37H30N2O4. The van der Waals surface area contributed by atoms with Crippen LogP contribution in [-0.4, -0.2) is 54.7 Å². The lowest BCUT2D eigenvalue weighted by molar-refractivity contribution is -0.167. The fourth-order valence-corrected chi connectivity index (χ4v) is 8.72. The monoisotopic (exact) mass is 566 g/mol. The van der Waals surface area contributed by atoms with Gasteiger partial charge in [-0.1, -0.05) is 66.7 Å². The van der Waals surface area contributed by atoms with Gasteiger partial charge in [-0.2, -0.15) is 0 Å². The van der Waals surface area contributed by atoms with Crippen molar-refractivity contribution in [1.29, 1.82) is 0 Å². The van der Waals surface area contributed by atoms with Crippen LogP contribution in [0, 0.1) is 0 Å². The molecule has 0 radical (unpaired) electrons. The van der Waals surface area contributed by atoms with Crippen molar-refractivity contribution in [3.63, 3.8) is 0 Å². The number of nitrogens with zero attached hydrogens (tertiary/aromatic N) is 1. The van der Waals surface area contributed by atoms with Gasteiger partial charge in [0.1, 0.15) is 11.7 Å². The Morgan fingerprint density at radius 2 is 1.53 bits per heavy atom. The number of methoxy groups -OCH3 is 1. The predicted octanol–water partition coefficient (Wildman–Crippen LogP) is 4.01. The first kappa shape index (κ1) is 25.0. The van der Waals surface area contributed by atoms with Crippen molar-refractivity contribution in [2.45, 2.75) is 43.7 Å². The predicted molar refractivity (Wildman–Crippen MR) is 164 cm³/mol. The Balaban J connectivity index is 1.40. The van der Waals surface area contributed by atoms with E-state index >= 15 is 0 Å². The van der Waals surface area contributed by atoms with Gasteiger partial charge >= 0.3 is 0 Å². The Morgan fingerprint density at radius 1 is 0.884 bits per heavy atom. The number of hydrogen-bond acceptors (Lipinski definition) is 4. The molecule has 43 heavy (non-hydrogen) atoms. The summed E-state index contributed by atoms with van der Waals surface area (Å²) in [4.78, 5) is 29.3. The quantitative estimate of drug-likeness (QED) is 0.407. The van der Waals surface area contributed by atoms with Crippen molar-refractivity contribution >= 4 is 23.0 Å². The van der Waals surface area contributed by atoms with Crippen molar-refractivity contribution < 1.29 is 19.1 Å². The van der Waals surface area contributed by atoms with E-state index < -0.39 is 11.7 Å². The van der Waals surface area contributed by atoms with Crippen molar-refractivity contribution in [3.8, 4) is 22.3 Å². The maximum Gasteiger partial charge on any atom is 0.253 e. The lowest BCUT2D eigenvalue weighted by Crippen LogP contribution is -2.62. The Kier molecular flexibility index (Phi) is 4.96. The average Bonchev–Trinajstić information content (AvgIpc) is 3.68. The lowest BCUT2D eigenvalue weighted by atomic mass is 9.77. The topological polar surface area (TPSA) is 67.9 Å². The number of rotatable bonds is 3. The smallest absolute Gasteiger partial charge is 0.253 e. The molecule has 2 bridgehead atoms. The highest BCUT2D eigenvalue weighted by Crippen LogP contribution is 2.52. The third-order valence-corrected chi connectivity index (χ3v) is 10.4. The largest absolute Gasteiger partial charge is 0.376 e. The van der Waals surface area contributed by atoms with Crippen LogP contribution in [0.2, 0.25) is 0 Å². The summed E-state index contributed by atoms with van der Waals surface area (Å²) in [5.74, 6) is -0.0655. The molecule has 4 atom stereocenters. The van der Waals surface area contributed by atoms with Gasteiger partial charge in [0.25, 0.3) is 11.8 Å². The molecule has 3 heterocycles. The molecule has 9 rings (SSSR count). The SMILES string of the molecule is CO[C@@H]1[C@H](N(C)C(=O)c2ccccc2)C[C@H]2O[C@]1(C)C1=c3c(c4c(c5c3=C2c2ccccc2-5)C(=O)NC4)-c2ccccc21. The van der Waals surface area contributed by atoms with Gasteiger partial charge in [0.2, 0.25) is 0 Å². The number of fused-ring (bicyclic) bond motifs is 13. The number of benzene rings is 4.